The summed E-state index contributed by atoms with van der Waals surface area (Å²) in [5, 5.41) is 0. The van der Waals surface area contributed by atoms with Crippen molar-refractivity contribution in [3.05, 3.63) is 0 Å². The van der Waals surface area contributed by atoms with E-state index in [9.17, 15) is 0 Å². The molecule has 4 nitrogen and oxygen atoms in total. The highest BCUT2D eigenvalue weighted by Crippen LogP contribution is 2.92. The molecule has 16 heteroatoms. The maximum Gasteiger partial charge on any atom is 0.257 e. The Kier molecular flexibility index (Phi) is 10.2. The van der Waals surface area contributed by atoms with E-state index in [0.29, 0.717) is 0 Å². The molecular weight excluding hydrogens is 525 g/mol. The van der Waals surface area contributed by atoms with E-state index >= 15 is 0 Å². The van der Waals surface area contributed by atoms with Gasteiger partial charge >= 0.3 is 0 Å². The molecule has 132 valence electrons. The number of nitrogens with zero attached hydrogens (tertiary/aromatic N) is 4. The molecule has 1 heterocycles. The summed E-state index contributed by atoms with van der Waals surface area (Å²) in [6, 6.07) is 0. The molecule has 0 fully saturated rings. The third kappa shape index (κ3) is 7.58. The molecule has 0 bridgehead atoms. The van der Waals surface area contributed by atoms with Gasteiger partial charge in [0, 0.05) is 0 Å². The Hall–Kier alpha value is 3.42. The van der Waals surface area contributed by atoms with E-state index in [1.54, 1.807) is 22.8 Å². The summed E-state index contributed by atoms with van der Waals surface area (Å²) < 4.78 is 18.0. The fourth-order valence-electron chi connectivity index (χ4n) is 1.30. The Morgan fingerprint density at radius 3 is 1.55 bits per heavy atom. The fraction of sp³-hybridized carbons (Fsp3) is 1.00. The second-order valence-electron chi connectivity index (χ2n) is 3.49. The largest absolute Gasteiger partial charge is 0.257 e. The lowest BCUT2D eigenvalue weighted by Gasteiger charge is -2.25. The highest BCUT2D eigenvalue weighted by atomic mass is 35.9. The van der Waals surface area contributed by atoms with Crippen LogP contribution in [0.25, 0.3) is 0 Å². The van der Waals surface area contributed by atoms with Crippen LogP contribution in [0.15, 0.2) is 18.1 Å². The van der Waals surface area contributed by atoms with Crippen LogP contribution < -0.4 is 0 Å². The molecule has 1 atom stereocenters. The van der Waals surface area contributed by atoms with E-state index in [1.165, 1.54) is 11.4 Å². The predicted molar refractivity (Wildman–Crippen MR) is 121 cm³/mol. The number of halogens is 5. The Morgan fingerprint density at radius 2 is 1.09 bits per heavy atom. The third-order valence-corrected chi connectivity index (χ3v) is 28.7. The number of hydrogen-bond donors (Lipinski definition) is 0. The molecule has 0 N–H and O–H groups in total. The SMILES string of the molecule is CCSP1(Cl)=NP(Cl)(Cl)=NP(Cl)(Cl)=NP(SCC)(SCC)=N1. The Balaban J connectivity index is 3.74. The van der Waals surface area contributed by atoms with E-state index in [4.69, 9.17) is 60.7 Å². The van der Waals surface area contributed by atoms with E-state index in [1.807, 2.05) is 20.8 Å². The first-order chi connectivity index (χ1) is 10.0. The molecule has 1 aliphatic rings. The van der Waals surface area contributed by atoms with Crippen molar-refractivity contribution in [3.8, 4) is 0 Å². The monoisotopic (exact) mass is 538 g/mol. The van der Waals surface area contributed by atoms with Crippen molar-refractivity contribution in [2.75, 3.05) is 17.3 Å². The van der Waals surface area contributed by atoms with Crippen LogP contribution in [0, 0.1) is 0 Å². The highest BCUT2D eigenvalue weighted by Gasteiger charge is 2.34. The zero-order valence-electron chi connectivity index (χ0n) is 11.8. The van der Waals surface area contributed by atoms with Crippen LogP contribution in [0.2, 0.25) is 0 Å². The molecule has 0 aromatic rings. The molecule has 0 spiro atoms. The van der Waals surface area contributed by atoms with Crippen molar-refractivity contribution < 1.29 is 0 Å². The van der Waals surface area contributed by atoms with Crippen LogP contribution in [-0.2, 0) is 0 Å². The van der Waals surface area contributed by atoms with Crippen LogP contribution in [-0.4, -0.2) is 17.3 Å². The topological polar surface area (TPSA) is 49.4 Å². The zero-order chi connectivity index (χ0) is 17.1. The number of hydrogen-bond acceptors (Lipinski definition) is 7. The Morgan fingerprint density at radius 1 is 0.636 bits per heavy atom. The zero-order valence-corrected chi connectivity index (χ0v) is 21.6. The van der Waals surface area contributed by atoms with Gasteiger partial charge in [0.25, 0.3) is 11.8 Å². The third-order valence-electron chi connectivity index (χ3n) is 1.77. The van der Waals surface area contributed by atoms with Crippen molar-refractivity contribution in [1.82, 2.24) is 0 Å². The van der Waals surface area contributed by atoms with Gasteiger partial charge in [-0.25, -0.2) is 0 Å². The van der Waals surface area contributed by atoms with Gasteiger partial charge in [0.15, 0.2) is 5.61 Å². The standard InChI is InChI=1S/C6H15Cl5N4P4S3/c1-4-20-18(11)13-16(7,8)12-17(9,10)14-19(15-18,21-5-2)22-6-3/h4-6H2,1-3H3. The van der Waals surface area contributed by atoms with Gasteiger partial charge in [-0.1, -0.05) is 54.9 Å². The van der Waals surface area contributed by atoms with E-state index in [-0.39, 0.29) is 0 Å². The van der Waals surface area contributed by atoms with Crippen molar-refractivity contribution in [3.63, 3.8) is 0 Å². The van der Waals surface area contributed by atoms with Gasteiger partial charge in [-0.05, 0) is 73.5 Å². The molecule has 0 aromatic heterocycles. The second-order valence-corrected chi connectivity index (χ2v) is 28.9. The molecule has 0 aliphatic carbocycles. The maximum absolute atomic E-state index is 6.69. The maximum atomic E-state index is 6.69. The normalized spacial score (nSPS) is 29.1. The lowest BCUT2D eigenvalue weighted by molar-refractivity contribution is 1.54. The molecule has 0 aromatic carbocycles. The smallest absolute Gasteiger partial charge is 0.197 e. The van der Waals surface area contributed by atoms with Crippen molar-refractivity contribution in [2.45, 2.75) is 20.8 Å². The van der Waals surface area contributed by atoms with Gasteiger partial charge in [-0.2, -0.15) is 18.1 Å². The van der Waals surface area contributed by atoms with Gasteiger partial charge in [0.2, 0.25) is 5.76 Å². The van der Waals surface area contributed by atoms with Crippen molar-refractivity contribution >= 4 is 114 Å². The van der Waals surface area contributed by atoms with Gasteiger partial charge in [-0.15, -0.1) is 0 Å². The molecular formula is C6H15Cl5N4P4S3. The molecule has 0 amide bonds. The molecule has 1 unspecified atom stereocenters. The Labute approximate surface area is 168 Å². The first-order valence-electron chi connectivity index (χ1n) is 5.98. The fourth-order valence-corrected chi connectivity index (χ4v) is 39.3. The van der Waals surface area contributed by atoms with Gasteiger partial charge in [0.1, 0.15) is 0 Å². The predicted octanol–water partition coefficient (Wildman–Crippen LogP) is 11.2. The van der Waals surface area contributed by atoms with E-state index in [0.717, 1.165) is 17.3 Å². The Bertz CT molecular complexity index is 618. The van der Waals surface area contributed by atoms with E-state index in [2.05, 4.69) is 13.5 Å². The van der Waals surface area contributed by atoms with Crippen LogP contribution in [0.3, 0.4) is 0 Å². The summed E-state index contributed by atoms with van der Waals surface area (Å²) in [6.45, 7) is 6.05. The number of rotatable bonds is 6. The van der Waals surface area contributed by atoms with Crippen LogP contribution in [0.1, 0.15) is 20.8 Å². The van der Waals surface area contributed by atoms with Gasteiger partial charge in [-0.3, -0.25) is 0 Å². The minimum absolute atomic E-state index is 0.744. The quantitative estimate of drug-likeness (QED) is 0.315. The molecule has 22 heavy (non-hydrogen) atoms. The van der Waals surface area contributed by atoms with Crippen molar-refractivity contribution in [1.29, 1.82) is 0 Å². The molecule has 0 saturated carbocycles. The average Bonchev–Trinajstić information content (AvgIpc) is 2.23. The van der Waals surface area contributed by atoms with Crippen LogP contribution >= 0.6 is 114 Å². The lowest BCUT2D eigenvalue weighted by atomic mass is 11.0. The highest BCUT2D eigenvalue weighted by molar-refractivity contribution is 8.92. The summed E-state index contributed by atoms with van der Waals surface area (Å²) in [5.74, 6) is -6.39. The van der Waals surface area contributed by atoms with Gasteiger partial charge < -0.3 is 0 Å². The van der Waals surface area contributed by atoms with Crippen molar-refractivity contribution in [2.24, 2.45) is 18.1 Å². The molecule has 1 rings (SSSR count). The summed E-state index contributed by atoms with van der Waals surface area (Å²) in [7, 11) is 0. The summed E-state index contributed by atoms with van der Waals surface area (Å²) >= 11 is 36.4. The van der Waals surface area contributed by atoms with E-state index < -0.39 is 23.2 Å². The lowest BCUT2D eigenvalue weighted by Crippen LogP contribution is -1.75. The molecule has 0 saturated heterocycles. The first kappa shape index (κ1) is 23.5. The minimum Gasteiger partial charge on any atom is -0.197 e. The summed E-state index contributed by atoms with van der Waals surface area (Å²) in [5.41, 5.74) is -2.31. The summed E-state index contributed by atoms with van der Waals surface area (Å²) in [6.07, 6.45) is 0. The first-order valence-corrected chi connectivity index (χ1v) is 22.1. The van der Waals surface area contributed by atoms with Crippen LogP contribution in [0.4, 0.5) is 0 Å². The molecule has 0 radical (unpaired) electrons. The second kappa shape index (κ2) is 9.57. The average molecular weight is 541 g/mol. The molecule has 1 aliphatic heterocycles. The minimum atomic E-state index is -3.09. The van der Waals surface area contributed by atoms with Crippen LogP contribution in [0.5, 0.6) is 0 Å². The summed E-state index contributed by atoms with van der Waals surface area (Å²) in [4.78, 5) is 0. The van der Waals surface area contributed by atoms with Gasteiger partial charge in [0.05, 0.1) is 0 Å².